The average Bonchev–Trinajstić information content (AvgIpc) is 2.30. The smallest absolute Gasteiger partial charge is 0.231 e. The SMILES string of the molecule is COC1C(=O)C(=O)C1Nc1ccccc1Br. The number of rotatable bonds is 3. The van der Waals surface area contributed by atoms with E-state index in [-0.39, 0.29) is 0 Å². The normalized spacial score (nSPS) is 24.1. The van der Waals surface area contributed by atoms with E-state index in [0.717, 1.165) is 10.2 Å². The molecule has 0 amide bonds. The van der Waals surface area contributed by atoms with E-state index in [0.29, 0.717) is 0 Å². The summed E-state index contributed by atoms with van der Waals surface area (Å²) in [4.78, 5) is 22.5. The number of nitrogens with one attached hydrogen (secondary N) is 1. The van der Waals surface area contributed by atoms with Crippen molar-refractivity contribution in [3.8, 4) is 0 Å². The summed E-state index contributed by atoms with van der Waals surface area (Å²) in [6.45, 7) is 0. The molecule has 2 rings (SSSR count). The second-order valence-corrected chi connectivity index (χ2v) is 4.34. The van der Waals surface area contributed by atoms with Crippen LogP contribution in [0, 0.1) is 0 Å². The molecule has 0 aliphatic heterocycles. The maximum Gasteiger partial charge on any atom is 0.231 e. The molecule has 0 saturated heterocycles. The van der Waals surface area contributed by atoms with Crippen LogP contribution in [0.5, 0.6) is 0 Å². The third-order valence-corrected chi connectivity index (χ3v) is 3.22. The number of hydrogen-bond donors (Lipinski definition) is 1. The Hall–Kier alpha value is -1.20. The van der Waals surface area contributed by atoms with Crippen LogP contribution in [0.2, 0.25) is 0 Å². The lowest BCUT2D eigenvalue weighted by atomic mass is 9.85. The molecule has 16 heavy (non-hydrogen) atoms. The highest BCUT2D eigenvalue weighted by atomic mass is 79.9. The van der Waals surface area contributed by atoms with Crippen LogP contribution in [0.15, 0.2) is 28.7 Å². The number of anilines is 1. The molecule has 1 aliphatic rings. The van der Waals surface area contributed by atoms with Crippen molar-refractivity contribution >= 4 is 33.2 Å². The number of Topliss-reactive ketones (excluding diaryl/α,β-unsaturated/α-hetero) is 2. The summed E-state index contributed by atoms with van der Waals surface area (Å²) in [5.74, 6) is -0.894. The third kappa shape index (κ3) is 1.76. The zero-order valence-electron chi connectivity index (χ0n) is 8.57. The van der Waals surface area contributed by atoms with Crippen LogP contribution in [-0.4, -0.2) is 30.8 Å². The van der Waals surface area contributed by atoms with Crippen LogP contribution >= 0.6 is 15.9 Å². The zero-order valence-corrected chi connectivity index (χ0v) is 10.2. The molecule has 0 aromatic heterocycles. The molecule has 4 nitrogen and oxygen atoms in total. The largest absolute Gasteiger partial charge is 0.371 e. The van der Waals surface area contributed by atoms with Gasteiger partial charge in [-0.1, -0.05) is 12.1 Å². The topological polar surface area (TPSA) is 55.4 Å². The number of halogens is 1. The van der Waals surface area contributed by atoms with E-state index in [9.17, 15) is 9.59 Å². The molecule has 5 heteroatoms. The highest BCUT2D eigenvalue weighted by Crippen LogP contribution is 2.26. The molecule has 1 saturated carbocycles. The van der Waals surface area contributed by atoms with Gasteiger partial charge in [-0.25, -0.2) is 0 Å². The van der Waals surface area contributed by atoms with Gasteiger partial charge in [0.05, 0.1) is 0 Å². The standard InChI is InChI=1S/C11H10BrNO3/c1-16-11-8(9(14)10(11)15)13-7-5-3-2-4-6(7)12/h2-5,8,11,13H,1H3. The van der Waals surface area contributed by atoms with Gasteiger partial charge in [0.1, 0.15) is 6.04 Å². The van der Waals surface area contributed by atoms with Crippen molar-refractivity contribution in [1.29, 1.82) is 0 Å². The number of hydrogen-bond acceptors (Lipinski definition) is 4. The highest BCUT2D eigenvalue weighted by molar-refractivity contribution is 9.10. The van der Waals surface area contributed by atoms with Gasteiger partial charge in [0.25, 0.3) is 0 Å². The summed E-state index contributed by atoms with van der Waals surface area (Å²) in [6.07, 6.45) is -0.667. The number of carbonyl (C=O) groups is 2. The lowest BCUT2D eigenvalue weighted by Crippen LogP contribution is -2.61. The molecule has 0 bridgehead atoms. The van der Waals surface area contributed by atoms with Crippen molar-refractivity contribution in [2.45, 2.75) is 12.1 Å². The molecular weight excluding hydrogens is 274 g/mol. The fourth-order valence-electron chi connectivity index (χ4n) is 1.62. The second-order valence-electron chi connectivity index (χ2n) is 3.49. The van der Waals surface area contributed by atoms with Gasteiger partial charge in [-0.15, -0.1) is 0 Å². The fraction of sp³-hybridized carbons (Fsp3) is 0.273. The lowest BCUT2D eigenvalue weighted by molar-refractivity contribution is -0.154. The predicted molar refractivity (Wildman–Crippen MR) is 62.4 cm³/mol. The number of methoxy groups -OCH3 is 1. The molecule has 1 N–H and O–H groups in total. The average molecular weight is 284 g/mol. The quantitative estimate of drug-likeness (QED) is 0.852. The summed E-state index contributed by atoms with van der Waals surface area (Å²) in [6, 6.07) is 6.83. The molecule has 1 aromatic carbocycles. The van der Waals surface area contributed by atoms with Crippen molar-refractivity contribution < 1.29 is 14.3 Å². The van der Waals surface area contributed by atoms with E-state index in [4.69, 9.17) is 4.74 Å². The van der Waals surface area contributed by atoms with E-state index in [1.54, 1.807) is 0 Å². The summed E-state index contributed by atoms with van der Waals surface area (Å²) in [5.41, 5.74) is 0.774. The molecule has 1 aromatic rings. The Morgan fingerprint density at radius 1 is 1.25 bits per heavy atom. The molecule has 2 atom stereocenters. The Labute approximate surface area is 101 Å². The van der Waals surface area contributed by atoms with Gasteiger partial charge in [0, 0.05) is 17.3 Å². The van der Waals surface area contributed by atoms with Gasteiger partial charge in [-0.2, -0.15) is 0 Å². The molecule has 2 unspecified atom stereocenters. The Kier molecular flexibility index (Phi) is 3.07. The third-order valence-electron chi connectivity index (χ3n) is 2.53. The molecule has 0 spiro atoms. The van der Waals surface area contributed by atoms with Crippen LogP contribution in [0.25, 0.3) is 0 Å². The Balaban J connectivity index is 2.14. The number of para-hydroxylation sites is 1. The van der Waals surface area contributed by atoms with Crippen LogP contribution in [0.4, 0.5) is 5.69 Å². The Morgan fingerprint density at radius 2 is 1.94 bits per heavy atom. The summed E-state index contributed by atoms with van der Waals surface area (Å²) >= 11 is 3.36. The van der Waals surface area contributed by atoms with Gasteiger partial charge >= 0.3 is 0 Å². The predicted octanol–water partition coefficient (Wildman–Crippen LogP) is 1.40. The van der Waals surface area contributed by atoms with Gasteiger partial charge in [0.2, 0.25) is 11.6 Å². The first-order valence-electron chi connectivity index (χ1n) is 4.77. The maximum absolute atomic E-state index is 11.3. The van der Waals surface area contributed by atoms with Crippen LogP contribution in [-0.2, 0) is 14.3 Å². The first-order chi connectivity index (χ1) is 7.65. The Bertz CT molecular complexity index is 447. The van der Waals surface area contributed by atoms with Crippen LogP contribution in [0.3, 0.4) is 0 Å². The second kappa shape index (κ2) is 4.35. The van der Waals surface area contributed by atoms with Gasteiger partial charge < -0.3 is 10.1 Å². The van der Waals surface area contributed by atoms with E-state index in [1.165, 1.54) is 7.11 Å². The van der Waals surface area contributed by atoms with Gasteiger partial charge in [0.15, 0.2) is 6.10 Å². The number of ether oxygens (including phenoxy) is 1. The van der Waals surface area contributed by atoms with Crippen LogP contribution in [0.1, 0.15) is 0 Å². The number of ketones is 2. The Morgan fingerprint density at radius 3 is 2.56 bits per heavy atom. The van der Waals surface area contributed by atoms with Crippen molar-refractivity contribution in [2.24, 2.45) is 0 Å². The fourth-order valence-corrected chi connectivity index (χ4v) is 2.02. The molecule has 84 valence electrons. The van der Waals surface area contributed by atoms with Crippen molar-refractivity contribution in [3.05, 3.63) is 28.7 Å². The molecule has 1 aliphatic carbocycles. The molecule has 0 radical (unpaired) electrons. The molecule has 1 fully saturated rings. The van der Waals surface area contributed by atoms with E-state index in [1.807, 2.05) is 24.3 Å². The van der Waals surface area contributed by atoms with Crippen molar-refractivity contribution in [1.82, 2.24) is 0 Å². The molecular formula is C11H10BrNO3. The van der Waals surface area contributed by atoms with E-state index >= 15 is 0 Å². The summed E-state index contributed by atoms with van der Waals surface area (Å²) < 4.78 is 5.79. The number of carbonyl (C=O) groups excluding carboxylic acids is 2. The maximum atomic E-state index is 11.3. The first kappa shape index (κ1) is 11.3. The minimum absolute atomic E-state index is 0.428. The monoisotopic (exact) mass is 283 g/mol. The minimum atomic E-state index is -0.667. The van der Waals surface area contributed by atoms with Gasteiger partial charge in [-0.05, 0) is 28.1 Å². The van der Waals surface area contributed by atoms with E-state index < -0.39 is 23.7 Å². The van der Waals surface area contributed by atoms with Crippen molar-refractivity contribution in [2.75, 3.05) is 12.4 Å². The summed E-state index contributed by atoms with van der Waals surface area (Å²) in [7, 11) is 1.42. The lowest BCUT2D eigenvalue weighted by Gasteiger charge is -2.33. The zero-order chi connectivity index (χ0) is 11.7. The van der Waals surface area contributed by atoms with Gasteiger partial charge in [-0.3, -0.25) is 9.59 Å². The highest BCUT2D eigenvalue weighted by Gasteiger charge is 2.49. The van der Waals surface area contributed by atoms with Crippen LogP contribution < -0.4 is 5.32 Å². The molecule has 0 heterocycles. The summed E-state index contributed by atoms with van der Waals surface area (Å²) in [5, 5.41) is 2.99. The minimum Gasteiger partial charge on any atom is -0.371 e. The number of benzene rings is 1. The van der Waals surface area contributed by atoms with Crippen molar-refractivity contribution in [3.63, 3.8) is 0 Å². The first-order valence-corrected chi connectivity index (χ1v) is 5.56. The van der Waals surface area contributed by atoms with E-state index in [2.05, 4.69) is 21.2 Å².